The first-order valence-electron chi connectivity index (χ1n) is 3.67. The summed E-state index contributed by atoms with van der Waals surface area (Å²) in [6, 6.07) is 0. The number of hydrogen-bond acceptors (Lipinski definition) is 0. The Hall–Kier alpha value is -0.590. The Labute approximate surface area is 61.4 Å². The minimum absolute atomic E-state index is 0.0504. The van der Waals surface area contributed by atoms with E-state index in [2.05, 4.69) is 6.92 Å². The van der Waals surface area contributed by atoms with Gasteiger partial charge in [0.2, 0.25) is 0 Å². The van der Waals surface area contributed by atoms with Crippen molar-refractivity contribution in [3.05, 3.63) is 23.6 Å². The predicted octanol–water partition coefficient (Wildman–Crippen LogP) is 3.07. The third-order valence-corrected chi connectivity index (χ3v) is 2.13. The minimum atomic E-state index is -0.0504. The molecule has 1 heteroatoms. The van der Waals surface area contributed by atoms with Crippen LogP contribution in [0.2, 0.25) is 0 Å². The van der Waals surface area contributed by atoms with Gasteiger partial charge in [0.15, 0.2) is 0 Å². The van der Waals surface area contributed by atoms with Gasteiger partial charge in [0, 0.05) is 0 Å². The number of hydrogen-bond donors (Lipinski definition) is 0. The van der Waals surface area contributed by atoms with Crippen LogP contribution in [-0.4, -0.2) is 0 Å². The van der Waals surface area contributed by atoms with Gasteiger partial charge in [0.1, 0.15) is 5.83 Å². The summed E-state index contributed by atoms with van der Waals surface area (Å²) < 4.78 is 12.8. The normalized spacial score (nSPS) is 33.2. The molecule has 0 bridgehead atoms. The molecule has 2 atom stereocenters. The highest BCUT2D eigenvalue weighted by atomic mass is 19.1. The lowest BCUT2D eigenvalue weighted by Gasteiger charge is -2.18. The molecule has 10 heavy (non-hydrogen) atoms. The summed E-state index contributed by atoms with van der Waals surface area (Å²) in [5.74, 6) is 0.786. The van der Waals surface area contributed by atoms with Crippen LogP contribution in [0, 0.1) is 11.8 Å². The Morgan fingerprint density at radius 3 is 2.20 bits per heavy atom. The summed E-state index contributed by atoms with van der Waals surface area (Å²) in [6.45, 7) is 5.96. The maximum absolute atomic E-state index is 12.8. The summed E-state index contributed by atoms with van der Waals surface area (Å²) in [4.78, 5) is 0. The summed E-state index contributed by atoms with van der Waals surface area (Å²) >= 11 is 0. The van der Waals surface area contributed by atoms with Crippen LogP contribution in [0.1, 0.15) is 20.8 Å². The van der Waals surface area contributed by atoms with Crippen LogP contribution in [0.4, 0.5) is 4.39 Å². The monoisotopic (exact) mass is 140 g/mol. The zero-order chi connectivity index (χ0) is 7.72. The number of rotatable bonds is 0. The first-order chi connectivity index (χ1) is 4.61. The Bertz CT molecular complexity index is 167. The van der Waals surface area contributed by atoms with E-state index in [9.17, 15) is 4.39 Å². The molecule has 2 unspecified atom stereocenters. The Balaban J connectivity index is 2.83. The molecule has 0 aromatic heterocycles. The average molecular weight is 140 g/mol. The van der Waals surface area contributed by atoms with E-state index >= 15 is 0 Å². The SMILES string of the molecule is CC1=CC(C)C(C)C=C1F. The van der Waals surface area contributed by atoms with Crippen LogP contribution in [-0.2, 0) is 0 Å². The van der Waals surface area contributed by atoms with E-state index in [-0.39, 0.29) is 5.83 Å². The quantitative estimate of drug-likeness (QED) is 0.485. The fourth-order valence-electron chi connectivity index (χ4n) is 1.14. The predicted molar refractivity (Wildman–Crippen MR) is 41.3 cm³/mol. The second kappa shape index (κ2) is 2.57. The summed E-state index contributed by atoms with van der Waals surface area (Å²) in [5, 5.41) is 0. The molecule has 0 fully saturated rings. The van der Waals surface area contributed by atoms with Gasteiger partial charge < -0.3 is 0 Å². The summed E-state index contributed by atoms with van der Waals surface area (Å²) in [6.07, 6.45) is 3.68. The highest BCUT2D eigenvalue weighted by Gasteiger charge is 2.15. The van der Waals surface area contributed by atoms with Crippen molar-refractivity contribution in [2.75, 3.05) is 0 Å². The van der Waals surface area contributed by atoms with Gasteiger partial charge in [0.05, 0.1) is 0 Å². The van der Waals surface area contributed by atoms with Gasteiger partial charge in [-0.05, 0) is 30.4 Å². The Morgan fingerprint density at radius 2 is 1.70 bits per heavy atom. The third-order valence-electron chi connectivity index (χ3n) is 2.13. The molecule has 1 rings (SSSR count). The van der Waals surface area contributed by atoms with E-state index in [0.717, 1.165) is 5.57 Å². The highest BCUT2D eigenvalue weighted by Crippen LogP contribution is 2.27. The van der Waals surface area contributed by atoms with E-state index < -0.39 is 0 Å². The Kier molecular flexibility index (Phi) is 1.93. The number of halogens is 1. The molecule has 1 aliphatic rings. The maximum atomic E-state index is 12.8. The van der Waals surface area contributed by atoms with Gasteiger partial charge in [-0.25, -0.2) is 4.39 Å². The van der Waals surface area contributed by atoms with Crippen molar-refractivity contribution < 1.29 is 4.39 Å². The smallest absolute Gasteiger partial charge is 0.122 e. The minimum Gasteiger partial charge on any atom is -0.207 e. The maximum Gasteiger partial charge on any atom is 0.122 e. The van der Waals surface area contributed by atoms with Gasteiger partial charge in [-0.3, -0.25) is 0 Å². The van der Waals surface area contributed by atoms with Crippen LogP contribution >= 0.6 is 0 Å². The molecule has 0 nitrogen and oxygen atoms in total. The molecule has 56 valence electrons. The molecule has 0 N–H and O–H groups in total. The first kappa shape index (κ1) is 7.52. The molecule has 1 aliphatic carbocycles. The van der Waals surface area contributed by atoms with Crippen molar-refractivity contribution in [1.82, 2.24) is 0 Å². The van der Waals surface area contributed by atoms with Gasteiger partial charge in [-0.1, -0.05) is 19.9 Å². The van der Waals surface area contributed by atoms with E-state index in [1.165, 1.54) is 0 Å². The zero-order valence-electron chi connectivity index (χ0n) is 6.69. The van der Waals surface area contributed by atoms with Crippen molar-refractivity contribution in [2.24, 2.45) is 11.8 Å². The molecular formula is C9H13F. The molecule has 0 aromatic rings. The largest absolute Gasteiger partial charge is 0.207 e. The second-order valence-corrected chi connectivity index (χ2v) is 3.08. The first-order valence-corrected chi connectivity index (χ1v) is 3.67. The third kappa shape index (κ3) is 1.28. The zero-order valence-corrected chi connectivity index (χ0v) is 6.69. The van der Waals surface area contributed by atoms with Gasteiger partial charge in [0.25, 0.3) is 0 Å². The van der Waals surface area contributed by atoms with Crippen LogP contribution in [0.25, 0.3) is 0 Å². The summed E-state index contributed by atoms with van der Waals surface area (Å²) in [5.41, 5.74) is 0.783. The molecule has 0 aromatic carbocycles. The van der Waals surface area contributed by atoms with E-state index in [1.54, 1.807) is 6.08 Å². The molecule has 0 amide bonds. The fourth-order valence-corrected chi connectivity index (χ4v) is 1.14. The van der Waals surface area contributed by atoms with E-state index in [4.69, 9.17) is 0 Å². The van der Waals surface area contributed by atoms with E-state index in [1.807, 2.05) is 19.9 Å². The lowest BCUT2D eigenvalue weighted by atomic mass is 9.88. The molecule has 0 radical (unpaired) electrons. The lowest BCUT2D eigenvalue weighted by Crippen LogP contribution is -2.07. The van der Waals surface area contributed by atoms with E-state index in [0.29, 0.717) is 11.8 Å². The van der Waals surface area contributed by atoms with Gasteiger partial charge >= 0.3 is 0 Å². The van der Waals surface area contributed by atoms with Gasteiger partial charge in [-0.15, -0.1) is 0 Å². The van der Waals surface area contributed by atoms with Crippen LogP contribution in [0.15, 0.2) is 23.6 Å². The fraction of sp³-hybridized carbons (Fsp3) is 0.556. The average Bonchev–Trinajstić information content (AvgIpc) is 1.84. The summed E-state index contributed by atoms with van der Waals surface area (Å²) in [7, 11) is 0. The van der Waals surface area contributed by atoms with Crippen LogP contribution in [0.5, 0.6) is 0 Å². The van der Waals surface area contributed by atoms with Crippen molar-refractivity contribution >= 4 is 0 Å². The molecular weight excluding hydrogens is 127 g/mol. The standard InChI is InChI=1S/C9H13F/c1-6-4-8(3)9(10)5-7(6)2/h4-7H,1-3H3. The molecule has 0 heterocycles. The highest BCUT2D eigenvalue weighted by molar-refractivity contribution is 5.28. The van der Waals surface area contributed by atoms with Crippen molar-refractivity contribution in [1.29, 1.82) is 0 Å². The number of allylic oxidation sites excluding steroid dienone is 4. The second-order valence-electron chi connectivity index (χ2n) is 3.08. The van der Waals surface area contributed by atoms with Crippen molar-refractivity contribution in [3.63, 3.8) is 0 Å². The molecule has 0 saturated heterocycles. The van der Waals surface area contributed by atoms with Crippen LogP contribution in [0.3, 0.4) is 0 Å². The Morgan fingerprint density at radius 1 is 1.20 bits per heavy atom. The lowest BCUT2D eigenvalue weighted by molar-refractivity contribution is 0.511. The topological polar surface area (TPSA) is 0 Å². The van der Waals surface area contributed by atoms with Crippen LogP contribution < -0.4 is 0 Å². The van der Waals surface area contributed by atoms with Gasteiger partial charge in [-0.2, -0.15) is 0 Å². The van der Waals surface area contributed by atoms with Crippen molar-refractivity contribution in [2.45, 2.75) is 20.8 Å². The molecule has 0 spiro atoms. The molecule has 0 aliphatic heterocycles. The molecule has 0 saturated carbocycles. The van der Waals surface area contributed by atoms with Crippen molar-refractivity contribution in [3.8, 4) is 0 Å².